The van der Waals surface area contributed by atoms with E-state index in [1.807, 2.05) is 38.1 Å². The Bertz CT molecular complexity index is 553. The fourth-order valence-electron chi connectivity index (χ4n) is 2.04. The van der Waals surface area contributed by atoms with Crippen LogP contribution in [0.25, 0.3) is 0 Å². The number of hydrogen-bond donors (Lipinski definition) is 1. The number of nitrogens with zero attached hydrogens (tertiary/aromatic N) is 1. The average molecular weight is 286 g/mol. The number of rotatable bonds is 7. The number of nitrogens with one attached hydrogen (secondary N) is 1. The quantitative estimate of drug-likeness (QED) is 0.849. The van der Waals surface area contributed by atoms with Gasteiger partial charge in [0.15, 0.2) is 0 Å². The van der Waals surface area contributed by atoms with E-state index in [0.29, 0.717) is 5.88 Å². The summed E-state index contributed by atoms with van der Waals surface area (Å²) < 4.78 is 10.9. The molecule has 4 heteroatoms. The van der Waals surface area contributed by atoms with Gasteiger partial charge in [-0.05, 0) is 37.6 Å². The van der Waals surface area contributed by atoms with Gasteiger partial charge in [-0.3, -0.25) is 0 Å². The average Bonchev–Trinajstić information content (AvgIpc) is 2.49. The summed E-state index contributed by atoms with van der Waals surface area (Å²) in [5, 5.41) is 3.39. The van der Waals surface area contributed by atoms with Crippen LogP contribution in [0, 0.1) is 0 Å². The van der Waals surface area contributed by atoms with Crippen LogP contribution >= 0.6 is 0 Å². The van der Waals surface area contributed by atoms with E-state index in [0.717, 1.165) is 24.4 Å². The van der Waals surface area contributed by atoms with Crippen LogP contribution in [0.1, 0.15) is 25.0 Å². The maximum atomic E-state index is 5.63. The molecule has 0 radical (unpaired) electrons. The SMILES string of the molecule is COc1ncccc1CNCc1ccc(OC(C)C)cc1. The van der Waals surface area contributed by atoms with Gasteiger partial charge >= 0.3 is 0 Å². The Kier molecular flexibility index (Phi) is 5.58. The second-order valence-corrected chi connectivity index (χ2v) is 5.09. The molecule has 0 bridgehead atoms. The van der Waals surface area contributed by atoms with Crippen molar-refractivity contribution in [3.05, 3.63) is 53.7 Å². The van der Waals surface area contributed by atoms with E-state index in [2.05, 4.69) is 22.4 Å². The zero-order chi connectivity index (χ0) is 15.1. The Morgan fingerprint density at radius 2 is 1.86 bits per heavy atom. The lowest BCUT2D eigenvalue weighted by atomic mass is 10.2. The first-order chi connectivity index (χ1) is 10.2. The summed E-state index contributed by atoms with van der Waals surface area (Å²) in [6.45, 7) is 5.56. The van der Waals surface area contributed by atoms with Gasteiger partial charge in [-0.1, -0.05) is 18.2 Å². The molecule has 0 aliphatic carbocycles. The first-order valence-electron chi connectivity index (χ1n) is 7.13. The largest absolute Gasteiger partial charge is 0.491 e. The van der Waals surface area contributed by atoms with Crippen molar-refractivity contribution in [2.75, 3.05) is 7.11 Å². The Morgan fingerprint density at radius 1 is 1.10 bits per heavy atom. The molecule has 0 saturated heterocycles. The van der Waals surface area contributed by atoms with Crippen molar-refractivity contribution in [3.8, 4) is 11.6 Å². The number of hydrogen-bond acceptors (Lipinski definition) is 4. The fraction of sp³-hybridized carbons (Fsp3) is 0.353. The maximum Gasteiger partial charge on any atom is 0.217 e. The first-order valence-corrected chi connectivity index (χ1v) is 7.13. The Hall–Kier alpha value is -2.07. The predicted molar refractivity (Wildman–Crippen MR) is 83.5 cm³/mol. The fourth-order valence-corrected chi connectivity index (χ4v) is 2.04. The minimum absolute atomic E-state index is 0.201. The molecule has 1 N–H and O–H groups in total. The van der Waals surface area contributed by atoms with E-state index in [9.17, 15) is 0 Å². The molecule has 1 aromatic heterocycles. The molecular weight excluding hydrogens is 264 g/mol. The number of pyridine rings is 1. The molecule has 4 nitrogen and oxygen atoms in total. The zero-order valence-electron chi connectivity index (χ0n) is 12.8. The molecule has 1 heterocycles. The van der Waals surface area contributed by atoms with Crippen LogP contribution in [0.5, 0.6) is 11.6 Å². The monoisotopic (exact) mass is 286 g/mol. The molecule has 0 aliphatic heterocycles. The van der Waals surface area contributed by atoms with E-state index in [-0.39, 0.29) is 6.10 Å². The highest BCUT2D eigenvalue weighted by atomic mass is 16.5. The molecule has 0 atom stereocenters. The third-order valence-electron chi connectivity index (χ3n) is 2.98. The molecule has 112 valence electrons. The van der Waals surface area contributed by atoms with Gasteiger partial charge in [0.1, 0.15) is 5.75 Å². The summed E-state index contributed by atoms with van der Waals surface area (Å²) >= 11 is 0. The van der Waals surface area contributed by atoms with Gasteiger partial charge in [0.05, 0.1) is 13.2 Å². The van der Waals surface area contributed by atoms with Crippen molar-refractivity contribution in [2.24, 2.45) is 0 Å². The highest BCUT2D eigenvalue weighted by molar-refractivity contribution is 5.28. The highest BCUT2D eigenvalue weighted by Gasteiger charge is 2.03. The second kappa shape index (κ2) is 7.64. The summed E-state index contributed by atoms with van der Waals surface area (Å²) in [6, 6.07) is 12.1. The van der Waals surface area contributed by atoms with Gasteiger partial charge in [-0.15, -0.1) is 0 Å². The van der Waals surface area contributed by atoms with Gasteiger partial charge in [-0.25, -0.2) is 4.98 Å². The minimum atomic E-state index is 0.201. The number of methoxy groups -OCH3 is 1. The van der Waals surface area contributed by atoms with E-state index in [1.54, 1.807) is 13.3 Å². The van der Waals surface area contributed by atoms with Gasteiger partial charge in [0.2, 0.25) is 5.88 Å². The second-order valence-electron chi connectivity index (χ2n) is 5.09. The van der Waals surface area contributed by atoms with Crippen molar-refractivity contribution in [2.45, 2.75) is 33.0 Å². The summed E-state index contributed by atoms with van der Waals surface area (Å²) in [6.07, 6.45) is 1.93. The van der Waals surface area contributed by atoms with Crippen molar-refractivity contribution in [1.82, 2.24) is 10.3 Å². The van der Waals surface area contributed by atoms with Crippen LogP contribution < -0.4 is 14.8 Å². The molecule has 0 fully saturated rings. The van der Waals surface area contributed by atoms with Gasteiger partial charge in [-0.2, -0.15) is 0 Å². The standard InChI is InChI=1S/C17H22N2O2/c1-13(2)21-16-8-6-14(7-9-16)11-18-12-15-5-4-10-19-17(15)20-3/h4-10,13,18H,11-12H2,1-3H3. The van der Waals surface area contributed by atoms with Crippen LogP contribution in [-0.2, 0) is 13.1 Å². The van der Waals surface area contributed by atoms with Crippen LogP contribution in [-0.4, -0.2) is 18.2 Å². The molecule has 21 heavy (non-hydrogen) atoms. The molecule has 0 amide bonds. The lowest BCUT2D eigenvalue weighted by Crippen LogP contribution is -2.13. The van der Waals surface area contributed by atoms with E-state index >= 15 is 0 Å². The number of aromatic nitrogens is 1. The normalized spacial score (nSPS) is 10.7. The molecule has 0 unspecified atom stereocenters. The minimum Gasteiger partial charge on any atom is -0.491 e. The smallest absolute Gasteiger partial charge is 0.217 e. The van der Waals surface area contributed by atoms with Crippen molar-refractivity contribution in [1.29, 1.82) is 0 Å². The van der Waals surface area contributed by atoms with E-state index < -0.39 is 0 Å². The first kappa shape index (κ1) is 15.3. The summed E-state index contributed by atoms with van der Waals surface area (Å²) in [4.78, 5) is 4.18. The molecule has 0 aliphatic rings. The van der Waals surface area contributed by atoms with Crippen molar-refractivity contribution >= 4 is 0 Å². The summed E-state index contributed by atoms with van der Waals surface area (Å²) in [5.74, 6) is 1.58. The number of ether oxygens (including phenoxy) is 2. The Labute approximate surface area is 126 Å². The van der Waals surface area contributed by atoms with Crippen LogP contribution in [0.2, 0.25) is 0 Å². The van der Waals surface area contributed by atoms with Crippen LogP contribution in [0.15, 0.2) is 42.6 Å². The van der Waals surface area contributed by atoms with Gasteiger partial charge in [0.25, 0.3) is 0 Å². The zero-order valence-corrected chi connectivity index (χ0v) is 12.8. The van der Waals surface area contributed by atoms with Crippen molar-refractivity contribution in [3.63, 3.8) is 0 Å². The topological polar surface area (TPSA) is 43.4 Å². The summed E-state index contributed by atoms with van der Waals surface area (Å²) in [7, 11) is 1.64. The van der Waals surface area contributed by atoms with E-state index in [4.69, 9.17) is 9.47 Å². The summed E-state index contributed by atoms with van der Waals surface area (Å²) in [5.41, 5.74) is 2.27. The maximum absolute atomic E-state index is 5.63. The lowest BCUT2D eigenvalue weighted by molar-refractivity contribution is 0.242. The molecule has 2 aromatic rings. The van der Waals surface area contributed by atoms with Gasteiger partial charge < -0.3 is 14.8 Å². The van der Waals surface area contributed by atoms with Crippen LogP contribution in [0.3, 0.4) is 0 Å². The van der Waals surface area contributed by atoms with Crippen molar-refractivity contribution < 1.29 is 9.47 Å². The Morgan fingerprint density at radius 3 is 2.52 bits per heavy atom. The van der Waals surface area contributed by atoms with E-state index in [1.165, 1.54) is 5.56 Å². The molecule has 2 rings (SSSR count). The Balaban J connectivity index is 1.86. The molecule has 0 spiro atoms. The molecular formula is C17H22N2O2. The third kappa shape index (κ3) is 4.76. The molecule has 1 aromatic carbocycles. The van der Waals surface area contributed by atoms with Crippen LogP contribution in [0.4, 0.5) is 0 Å². The number of benzene rings is 1. The molecule has 0 saturated carbocycles. The highest BCUT2D eigenvalue weighted by Crippen LogP contribution is 2.15. The predicted octanol–water partition coefficient (Wildman–Crippen LogP) is 3.17. The third-order valence-corrected chi connectivity index (χ3v) is 2.98. The lowest BCUT2D eigenvalue weighted by Gasteiger charge is -2.11. The van der Waals surface area contributed by atoms with Gasteiger partial charge in [0, 0.05) is 24.8 Å².